The van der Waals surface area contributed by atoms with Gasteiger partial charge in [-0.25, -0.2) is 4.79 Å². The minimum atomic E-state index is -0.266. The maximum Gasteiger partial charge on any atom is 0.315 e. The molecule has 0 bridgehead atoms. The summed E-state index contributed by atoms with van der Waals surface area (Å²) in [5, 5.41) is 5.28. The first-order valence-corrected chi connectivity index (χ1v) is 5.08. The quantitative estimate of drug-likeness (QED) is 0.774. The van der Waals surface area contributed by atoms with Crippen molar-refractivity contribution in [3.8, 4) is 0 Å². The summed E-state index contributed by atoms with van der Waals surface area (Å²) < 4.78 is 0. The van der Waals surface area contributed by atoms with E-state index in [2.05, 4.69) is 15.6 Å². The molecule has 2 N–H and O–H groups in total. The normalized spacial score (nSPS) is 9.56. The van der Waals surface area contributed by atoms with E-state index in [0.29, 0.717) is 19.5 Å². The topological polar surface area (TPSA) is 71.1 Å². The fourth-order valence-corrected chi connectivity index (χ4v) is 1.10. The number of nitrogens with one attached hydrogen (secondary N) is 2. The van der Waals surface area contributed by atoms with Crippen LogP contribution in [0.4, 0.5) is 4.79 Å². The van der Waals surface area contributed by atoms with Gasteiger partial charge in [0.2, 0.25) is 0 Å². The van der Waals surface area contributed by atoms with Crippen LogP contribution in [-0.2, 0) is 11.3 Å². The van der Waals surface area contributed by atoms with Crippen LogP contribution in [0.5, 0.6) is 0 Å². The summed E-state index contributed by atoms with van der Waals surface area (Å²) >= 11 is 0. The number of nitrogens with zero attached hydrogens (tertiary/aromatic N) is 1. The molecule has 1 aromatic rings. The van der Waals surface area contributed by atoms with E-state index in [1.807, 2.05) is 12.1 Å². The third-order valence-corrected chi connectivity index (χ3v) is 1.97. The number of amides is 2. The number of Topliss-reactive ketones (excluding diaryl/α,β-unsaturated/α-hetero) is 1. The highest BCUT2D eigenvalue weighted by Crippen LogP contribution is 1.94. The van der Waals surface area contributed by atoms with Crippen LogP contribution in [0, 0.1) is 0 Å². The lowest BCUT2D eigenvalue weighted by molar-refractivity contribution is -0.116. The average molecular weight is 221 g/mol. The van der Waals surface area contributed by atoms with E-state index < -0.39 is 0 Å². The van der Waals surface area contributed by atoms with Crippen LogP contribution in [0.25, 0.3) is 0 Å². The zero-order valence-electron chi connectivity index (χ0n) is 9.19. The van der Waals surface area contributed by atoms with Crippen molar-refractivity contribution in [1.82, 2.24) is 15.6 Å². The van der Waals surface area contributed by atoms with Crippen molar-refractivity contribution >= 4 is 11.8 Å². The number of urea groups is 1. The highest BCUT2D eigenvalue weighted by atomic mass is 16.2. The van der Waals surface area contributed by atoms with Crippen molar-refractivity contribution in [1.29, 1.82) is 0 Å². The summed E-state index contributed by atoms with van der Waals surface area (Å²) in [6, 6.07) is 3.39. The molecule has 0 saturated heterocycles. The Labute approximate surface area is 94.3 Å². The largest absolute Gasteiger partial charge is 0.338 e. The minimum absolute atomic E-state index is 0.0643. The third kappa shape index (κ3) is 5.09. The molecule has 1 heterocycles. The number of ketones is 1. The Morgan fingerprint density at radius 3 is 2.56 bits per heavy atom. The lowest BCUT2D eigenvalue weighted by Gasteiger charge is -2.06. The second kappa shape index (κ2) is 6.55. The highest BCUT2D eigenvalue weighted by Gasteiger charge is 2.00. The van der Waals surface area contributed by atoms with Gasteiger partial charge in [0.15, 0.2) is 0 Å². The van der Waals surface area contributed by atoms with Crippen LogP contribution in [0.2, 0.25) is 0 Å². The first-order valence-electron chi connectivity index (χ1n) is 5.08. The molecular weight excluding hydrogens is 206 g/mol. The van der Waals surface area contributed by atoms with Gasteiger partial charge < -0.3 is 10.6 Å². The van der Waals surface area contributed by atoms with Gasteiger partial charge in [-0.2, -0.15) is 0 Å². The van der Waals surface area contributed by atoms with Crippen molar-refractivity contribution in [3.63, 3.8) is 0 Å². The maximum absolute atomic E-state index is 11.2. The first kappa shape index (κ1) is 12.2. The molecule has 0 aliphatic heterocycles. The fourth-order valence-electron chi connectivity index (χ4n) is 1.10. The summed E-state index contributed by atoms with van der Waals surface area (Å²) in [5.74, 6) is 0.0643. The molecule has 0 spiro atoms. The zero-order chi connectivity index (χ0) is 11.8. The number of hydrogen-bond donors (Lipinski definition) is 2. The molecule has 0 aliphatic carbocycles. The van der Waals surface area contributed by atoms with Gasteiger partial charge in [0.25, 0.3) is 0 Å². The lowest BCUT2D eigenvalue weighted by atomic mass is 10.3. The first-order chi connectivity index (χ1) is 7.68. The minimum Gasteiger partial charge on any atom is -0.338 e. The molecule has 1 aromatic heterocycles. The lowest BCUT2D eigenvalue weighted by Crippen LogP contribution is -2.36. The smallest absolute Gasteiger partial charge is 0.315 e. The molecule has 0 aliphatic rings. The molecule has 0 fully saturated rings. The van der Waals surface area contributed by atoms with Crippen LogP contribution in [0.15, 0.2) is 24.5 Å². The van der Waals surface area contributed by atoms with E-state index >= 15 is 0 Å². The predicted octanol–water partition coefficient (Wildman–Crippen LogP) is 0.860. The Balaban J connectivity index is 2.18. The van der Waals surface area contributed by atoms with Gasteiger partial charge in [-0.1, -0.05) is 0 Å². The maximum atomic E-state index is 11.2. The Kier molecular flexibility index (Phi) is 4.98. The Morgan fingerprint density at radius 2 is 1.94 bits per heavy atom. The van der Waals surface area contributed by atoms with Crippen molar-refractivity contribution in [2.45, 2.75) is 19.9 Å². The molecule has 2 amide bonds. The summed E-state index contributed by atoms with van der Waals surface area (Å²) in [6.45, 7) is 2.32. The number of carbonyl (C=O) groups excluding carboxylic acids is 2. The second-order valence-corrected chi connectivity index (χ2v) is 3.42. The molecular formula is C11H15N3O2. The summed E-state index contributed by atoms with van der Waals surface area (Å²) in [7, 11) is 0. The molecule has 0 radical (unpaired) electrons. The molecule has 0 saturated carbocycles. The van der Waals surface area contributed by atoms with Crippen LogP contribution in [0.1, 0.15) is 18.9 Å². The Bertz CT molecular complexity index is 352. The fraction of sp³-hybridized carbons (Fsp3) is 0.364. The van der Waals surface area contributed by atoms with Crippen LogP contribution >= 0.6 is 0 Å². The molecule has 0 aromatic carbocycles. The number of hydrogen-bond acceptors (Lipinski definition) is 3. The molecule has 86 valence electrons. The van der Waals surface area contributed by atoms with Crippen molar-refractivity contribution in [2.75, 3.05) is 6.54 Å². The van der Waals surface area contributed by atoms with Gasteiger partial charge in [0.1, 0.15) is 5.78 Å². The number of carbonyl (C=O) groups is 2. The molecule has 16 heavy (non-hydrogen) atoms. The average Bonchev–Trinajstić information content (AvgIpc) is 2.27. The second-order valence-electron chi connectivity index (χ2n) is 3.42. The van der Waals surface area contributed by atoms with Gasteiger partial charge in [-0.05, 0) is 24.6 Å². The van der Waals surface area contributed by atoms with Gasteiger partial charge in [0.05, 0.1) is 0 Å². The molecule has 5 nitrogen and oxygen atoms in total. The summed E-state index contributed by atoms with van der Waals surface area (Å²) in [5.41, 5.74) is 0.983. The van der Waals surface area contributed by atoms with E-state index in [-0.39, 0.29) is 11.8 Å². The van der Waals surface area contributed by atoms with Gasteiger partial charge in [-0.15, -0.1) is 0 Å². The summed E-state index contributed by atoms with van der Waals surface area (Å²) in [6.07, 6.45) is 3.71. The van der Waals surface area contributed by atoms with E-state index in [0.717, 1.165) is 5.56 Å². The van der Waals surface area contributed by atoms with Crippen LogP contribution in [0.3, 0.4) is 0 Å². The molecule has 0 unspecified atom stereocenters. The number of aromatic nitrogens is 1. The standard InChI is InChI=1S/C11H15N3O2/c1-9(15)2-7-13-11(16)14-8-10-3-5-12-6-4-10/h3-6H,2,7-8H2,1H3,(H2,13,14,16). The molecule has 5 heteroatoms. The van der Waals surface area contributed by atoms with Crippen molar-refractivity contribution in [2.24, 2.45) is 0 Å². The predicted molar refractivity (Wildman–Crippen MR) is 59.8 cm³/mol. The van der Waals surface area contributed by atoms with Crippen molar-refractivity contribution < 1.29 is 9.59 Å². The van der Waals surface area contributed by atoms with E-state index in [4.69, 9.17) is 0 Å². The van der Waals surface area contributed by atoms with E-state index in [1.165, 1.54) is 6.92 Å². The van der Waals surface area contributed by atoms with Gasteiger partial charge >= 0.3 is 6.03 Å². The van der Waals surface area contributed by atoms with Crippen LogP contribution < -0.4 is 10.6 Å². The van der Waals surface area contributed by atoms with Crippen LogP contribution in [-0.4, -0.2) is 23.3 Å². The van der Waals surface area contributed by atoms with Gasteiger partial charge in [0, 0.05) is 31.9 Å². The molecule has 1 rings (SSSR count). The zero-order valence-corrected chi connectivity index (χ0v) is 9.19. The van der Waals surface area contributed by atoms with E-state index in [9.17, 15) is 9.59 Å². The van der Waals surface area contributed by atoms with E-state index in [1.54, 1.807) is 12.4 Å². The number of pyridine rings is 1. The Morgan fingerprint density at radius 1 is 1.25 bits per heavy atom. The third-order valence-electron chi connectivity index (χ3n) is 1.97. The number of rotatable bonds is 5. The molecule has 0 atom stereocenters. The van der Waals surface area contributed by atoms with Crippen molar-refractivity contribution in [3.05, 3.63) is 30.1 Å². The highest BCUT2D eigenvalue weighted by molar-refractivity contribution is 5.77. The SMILES string of the molecule is CC(=O)CCNC(=O)NCc1ccncc1. The monoisotopic (exact) mass is 221 g/mol. The summed E-state index contributed by atoms with van der Waals surface area (Å²) in [4.78, 5) is 25.8. The Hall–Kier alpha value is -1.91. The van der Waals surface area contributed by atoms with Gasteiger partial charge in [-0.3, -0.25) is 9.78 Å².